The molecule has 0 saturated heterocycles. The number of hydrogen-bond acceptors (Lipinski definition) is 5. The average Bonchev–Trinajstić information content (AvgIpc) is 2.49. The monoisotopic (exact) mass is 291 g/mol. The van der Waals surface area contributed by atoms with Crippen molar-refractivity contribution in [2.45, 2.75) is 13.0 Å². The summed E-state index contributed by atoms with van der Waals surface area (Å²) in [5, 5.41) is 13.7. The van der Waals surface area contributed by atoms with Crippen molar-refractivity contribution in [2.24, 2.45) is 0 Å². The molecule has 0 saturated carbocycles. The molecule has 0 radical (unpaired) electrons. The Hall–Kier alpha value is -2.70. The largest absolute Gasteiger partial charge is 0.490 e. The van der Waals surface area contributed by atoms with Gasteiger partial charge in [-0.3, -0.25) is 15.1 Å². The molecule has 1 unspecified atom stereocenters. The minimum atomic E-state index is -0.717. The zero-order chi connectivity index (χ0) is 15.4. The fourth-order valence-electron chi connectivity index (χ4n) is 1.90. The van der Waals surface area contributed by atoms with E-state index < -0.39 is 16.4 Å². The second-order valence-corrected chi connectivity index (χ2v) is 4.38. The first kappa shape index (κ1) is 14.7. The van der Waals surface area contributed by atoms with Crippen LogP contribution in [0.4, 0.5) is 15.8 Å². The fraction of sp³-hybridized carbons (Fsp3) is 0.214. The summed E-state index contributed by atoms with van der Waals surface area (Å²) in [5.74, 6) is -0.720. The summed E-state index contributed by atoms with van der Waals surface area (Å²) in [4.78, 5) is 14.3. The van der Waals surface area contributed by atoms with E-state index in [4.69, 9.17) is 4.74 Å². The molecule has 110 valence electrons. The maximum absolute atomic E-state index is 14.0. The number of aromatic nitrogens is 1. The van der Waals surface area contributed by atoms with Gasteiger partial charge in [0.05, 0.1) is 35.5 Å². The van der Waals surface area contributed by atoms with Crippen LogP contribution >= 0.6 is 0 Å². The number of anilines is 1. The Balaban J connectivity index is 2.30. The number of halogens is 1. The molecule has 0 aliphatic heterocycles. The summed E-state index contributed by atoms with van der Waals surface area (Å²) in [6, 6.07) is 7.27. The molecule has 1 aromatic carbocycles. The summed E-state index contributed by atoms with van der Waals surface area (Å²) >= 11 is 0. The summed E-state index contributed by atoms with van der Waals surface area (Å²) in [6.07, 6.45) is 1.64. The van der Waals surface area contributed by atoms with Crippen molar-refractivity contribution in [3.63, 3.8) is 0 Å². The second kappa shape index (κ2) is 6.17. The van der Waals surface area contributed by atoms with Crippen molar-refractivity contribution in [3.8, 4) is 5.75 Å². The number of ether oxygens (including phenoxy) is 1. The normalized spacial score (nSPS) is 11.8. The minimum Gasteiger partial charge on any atom is -0.490 e. The van der Waals surface area contributed by atoms with Gasteiger partial charge in [0.15, 0.2) is 11.6 Å². The molecule has 2 rings (SSSR count). The highest BCUT2D eigenvalue weighted by Gasteiger charge is 2.20. The number of nitro benzene ring substituents is 1. The number of rotatable bonds is 5. The molecule has 7 heteroatoms. The first-order chi connectivity index (χ1) is 10.0. The lowest BCUT2D eigenvalue weighted by Crippen LogP contribution is -2.10. The van der Waals surface area contributed by atoms with Gasteiger partial charge in [-0.25, -0.2) is 4.39 Å². The third kappa shape index (κ3) is 3.25. The van der Waals surface area contributed by atoms with Crippen molar-refractivity contribution in [1.82, 2.24) is 4.98 Å². The molecular weight excluding hydrogens is 277 g/mol. The molecule has 0 bridgehead atoms. The van der Waals surface area contributed by atoms with Crippen molar-refractivity contribution >= 4 is 11.4 Å². The number of methoxy groups -OCH3 is 1. The Morgan fingerprint density at radius 1 is 1.43 bits per heavy atom. The highest BCUT2D eigenvalue weighted by atomic mass is 19.1. The van der Waals surface area contributed by atoms with E-state index in [0.29, 0.717) is 0 Å². The average molecular weight is 291 g/mol. The molecule has 2 aromatic rings. The van der Waals surface area contributed by atoms with Gasteiger partial charge < -0.3 is 10.1 Å². The molecule has 1 heterocycles. The lowest BCUT2D eigenvalue weighted by atomic mass is 10.2. The Morgan fingerprint density at radius 3 is 2.76 bits per heavy atom. The van der Waals surface area contributed by atoms with Gasteiger partial charge in [-0.1, -0.05) is 6.07 Å². The summed E-state index contributed by atoms with van der Waals surface area (Å²) < 4.78 is 18.9. The summed E-state index contributed by atoms with van der Waals surface area (Å²) in [6.45, 7) is 1.82. The maximum atomic E-state index is 14.0. The molecule has 0 fully saturated rings. The highest BCUT2D eigenvalue weighted by Crippen LogP contribution is 2.33. The summed E-state index contributed by atoms with van der Waals surface area (Å²) in [7, 11) is 1.30. The molecule has 0 aliphatic rings. The fourth-order valence-corrected chi connectivity index (χ4v) is 1.90. The molecule has 21 heavy (non-hydrogen) atoms. The zero-order valence-corrected chi connectivity index (χ0v) is 11.5. The van der Waals surface area contributed by atoms with Crippen LogP contribution in [0, 0.1) is 15.9 Å². The van der Waals surface area contributed by atoms with Gasteiger partial charge in [0.25, 0.3) is 0 Å². The quantitative estimate of drug-likeness (QED) is 0.675. The number of benzene rings is 1. The Labute approximate surface area is 120 Å². The Bertz CT molecular complexity index is 649. The van der Waals surface area contributed by atoms with Crippen LogP contribution in [-0.2, 0) is 0 Å². The van der Waals surface area contributed by atoms with Crippen LogP contribution in [0.15, 0.2) is 36.5 Å². The van der Waals surface area contributed by atoms with Crippen LogP contribution in [0.25, 0.3) is 0 Å². The topological polar surface area (TPSA) is 77.3 Å². The van der Waals surface area contributed by atoms with Gasteiger partial charge in [-0.2, -0.15) is 0 Å². The first-order valence-corrected chi connectivity index (χ1v) is 6.22. The zero-order valence-electron chi connectivity index (χ0n) is 11.5. The van der Waals surface area contributed by atoms with Crippen LogP contribution in [-0.4, -0.2) is 17.0 Å². The van der Waals surface area contributed by atoms with Gasteiger partial charge >= 0.3 is 5.69 Å². The Kier molecular flexibility index (Phi) is 4.32. The van der Waals surface area contributed by atoms with Gasteiger partial charge in [-0.15, -0.1) is 0 Å². The van der Waals surface area contributed by atoms with E-state index in [1.165, 1.54) is 13.2 Å². The third-order valence-electron chi connectivity index (χ3n) is 2.97. The highest BCUT2D eigenvalue weighted by molar-refractivity contribution is 5.59. The maximum Gasteiger partial charge on any atom is 0.313 e. The smallest absolute Gasteiger partial charge is 0.313 e. The van der Waals surface area contributed by atoms with Gasteiger partial charge in [-0.05, 0) is 19.1 Å². The van der Waals surface area contributed by atoms with Crippen LogP contribution < -0.4 is 10.1 Å². The minimum absolute atomic E-state index is 0.00267. The molecule has 0 spiro atoms. The van der Waals surface area contributed by atoms with Crippen molar-refractivity contribution in [1.29, 1.82) is 0 Å². The van der Waals surface area contributed by atoms with E-state index in [1.54, 1.807) is 18.3 Å². The molecule has 1 atom stereocenters. The molecule has 6 nitrogen and oxygen atoms in total. The standard InChI is InChI=1S/C14H14FN3O3/c1-9(11-5-3-4-6-16-11)17-12-8-14(21-2)13(18(19)20)7-10(12)15/h3-9,17H,1-2H3. The second-order valence-electron chi connectivity index (χ2n) is 4.38. The van der Waals surface area contributed by atoms with E-state index in [1.807, 2.05) is 13.0 Å². The van der Waals surface area contributed by atoms with Gasteiger partial charge in [0.2, 0.25) is 0 Å². The number of pyridine rings is 1. The van der Waals surface area contributed by atoms with E-state index in [-0.39, 0.29) is 17.5 Å². The molecule has 0 amide bonds. The van der Waals surface area contributed by atoms with E-state index in [0.717, 1.165) is 11.8 Å². The van der Waals surface area contributed by atoms with Crippen LogP contribution in [0.3, 0.4) is 0 Å². The van der Waals surface area contributed by atoms with Crippen molar-refractivity contribution in [2.75, 3.05) is 12.4 Å². The van der Waals surface area contributed by atoms with Crippen LogP contribution in [0.2, 0.25) is 0 Å². The van der Waals surface area contributed by atoms with Crippen LogP contribution in [0.1, 0.15) is 18.7 Å². The van der Waals surface area contributed by atoms with Gasteiger partial charge in [0.1, 0.15) is 0 Å². The van der Waals surface area contributed by atoms with Crippen molar-refractivity contribution in [3.05, 3.63) is 58.2 Å². The van der Waals surface area contributed by atoms with Gasteiger partial charge in [0, 0.05) is 12.3 Å². The predicted molar refractivity (Wildman–Crippen MR) is 75.9 cm³/mol. The van der Waals surface area contributed by atoms with Crippen molar-refractivity contribution < 1.29 is 14.1 Å². The van der Waals surface area contributed by atoms with E-state index in [2.05, 4.69) is 10.3 Å². The van der Waals surface area contributed by atoms with E-state index in [9.17, 15) is 14.5 Å². The molecular formula is C14H14FN3O3. The lowest BCUT2D eigenvalue weighted by molar-refractivity contribution is -0.385. The third-order valence-corrected chi connectivity index (χ3v) is 2.97. The van der Waals surface area contributed by atoms with E-state index >= 15 is 0 Å². The number of nitrogens with zero attached hydrogens (tertiary/aromatic N) is 2. The first-order valence-electron chi connectivity index (χ1n) is 6.22. The molecule has 1 aromatic heterocycles. The van der Waals surface area contributed by atoms with Crippen LogP contribution in [0.5, 0.6) is 5.75 Å². The molecule has 1 N–H and O–H groups in total. The lowest BCUT2D eigenvalue weighted by Gasteiger charge is -2.16. The Morgan fingerprint density at radius 2 is 2.19 bits per heavy atom. The predicted octanol–water partition coefficient (Wildman–Crippen LogP) is 3.31. The number of hydrogen-bond donors (Lipinski definition) is 1. The number of nitrogens with one attached hydrogen (secondary N) is 1. The summed E-state index contributed by atoms with van der Waals surface area (Å²) in [5.41, 5.74) is 0.441. The molecule has 0 aliphatic carbocycles. The number of nitro groups is 1. The SMILES string of the molecule is COc1cc(NC(C)c2ccccn2)c(F)cc1[N+](=O)[O-].